The maximum atomic E-state index is 12.8. The zero-order chi connectivity index (χ0) is 19.0. The van der Waals surface area contributed by atoms with Crippen LogP contribution in [0.4, 0.5) is 0 Å². The molecule has 0 aromatic heterocycles. The van der Waals surface area contributed by atoms with Crippen LogP contribution in [0.1, 0.15) is 16.7 Å². The van der Waals surface area contributed by atoms with E-state index in [1.807, 2.05) is 48.5 Å². The molecule has 0 fully saturated rings. The first kappa shape index (κ1) is 18.3. The second kappa shape index (κ2) is 8.74. The number of carbonyl (C=O) groups is 1. The van der Waals surface area contributed by atoms with Gasteiger partial charge < -0.3 is 5.11 Å². The van der Waals surface area contributed by atoms with E-state index in [4.69, 9.17) is 0 Å². The number of rotatable bonds is 6. The van der Waals surface area contributed by atoms with Crippen LogP contribution in [0.15, 0.2) is 102 Å². The van der Waals surface area contributed by atoms with Gasteiger partial charge in [0.1, 0.15) is 0 Å². The Bertz CT molecular complexity index is 881. The van der Waals surface area contributed by atoms with Crippen LogP contribution >= 0.6 is 0 Å². The summed E-state index contributed by atoms with van der Waals surface area (Å²) in [5, 5.41) is 15.2. The van der Waals surface area contributed by atoms with Crippen LogP contribution in [0.3, 0.4) is 0 Å². The van der Waals surface area contributed by atoms with E-state index in [2.05, 4.69) is 10.5 Å². The molecule has 0 bridgehead atoms. The number of aliphatic hydroxyl groups is 1. The van der Waals surface area contributed by atoms with Gasteiger partial charge in [-0.05, 0) is 22.8 Å². The lowest BCUT2D eigenvalue weighted by molar-refractivity contribution is -0.136. The summed E-state index contributed by atoms with van der Waals surface area (Å²) in [4.78, 5) is 12.8. The summed E-state index contributed by atoms with van der Waals surface area (Å²) < 4.78 is 0. The van der Waals surface area contributed by atoms with Crippen molar-refractivity contribution in [1.82, 2.24) is 5.43 Å². The van der Waals surface area contributed by atoms with Crippen LogP contribution in [0.2, 0.25) is 0 Å². The summed E-state index contributed by atoms with van der Waals surface area (Å²) in [5.74, 6) is -0.621. The highest BCUT2D eigenvalue weighted by molar-refractivity contribution is 5.90. The average molecular weight is 356 g/mol. The van der Waals surface area contributed by atoms with E-state index in [1.165, 1.54) is 6.21 Å². The monoisotopic (exact) mass is 356 g/mol. The van der Waals surface area contributed by atoms with Gasteiger partial charge in [0.25, 0.3) is 5.91 Å². The Balaban J connectivity index is 1.78. The largest absolute Gasteiger partial charge is 0.372 e. The Morgan fingerprint density at radius 3 is 1.81 bits per heavy atom. The van der Waals surface area contributed by atoms with E-state index in [9.17, 15) is 9.90 Å². The van der Waals surface area contributed by atoms with Crippen LogP contribution in [-0.4, -0.2) is 17.2 Å². The first-order valence-corrected chi connectivity index (χ1v) is 8.60. The van der Waals surface area contributed by atoms with Crippen LogP contribution in [0.5, 0.6) is 0 Å². The van der Waals surface area contributed by atoms with Crippen LogP contribution < -0.4 is 5.43 Å². The Labute approximate surface area is 158 Å². The van der Waals surface area contributed by atoms with Crippen molar-refractivity contribution in [1.29, 1.82) is 0 Å². The summed E-state index contributed by atoms with van der Waals surface area (Å²) in [5.41, 5.74) is 2.58. The molecule has 134 valence electrons. The Kier molecular flexibility index (Phi) is 5.92. The highest BCUT2D eigenvalue weighted by atomic mass is 16.3. The number of hydrogen-bond acceptors (Lipinski definition) is 3. The maximum absolute atomic E-state index is 12.8. The van der Waals surface area contributed by atoms with Crippen molar-refractivity contribution in [3.05, 3.63) is 114 Å². The zero-order valence-corrected chi connectivity index (χ0v) is 14.7. The van der Waals surface area contributed by atoms with Gasteiger partial charge in [-0.15, -0.1) is 0 Å². The zero-order valence-electron chi connectivity index (χ0n) is 14.7. The minimum absolute atomic E-state index is 0.476. The molecule has 0 aliphatic heterocycles. The molecule has 0 atom stereocenters. The number of amides is 1. The number of nitrogens with zero attached hydrogens (tertiary/aromatic N) is 1. The number of hydrogen-bond donors (Lipinski definition) is 2. The maximum Gasteiger partial charge on any atom is 0.281 e. The number of benzene rings is 3. The molecule has 3 rings (SSSR count). The van der Waals surface area contributed by atoms with Gasteiger partial charge in [-0.2, -0.15) is 5.10 Å². The lowest BCUT2D eigenvalue weighted by Crippen LogP contribution is -2.43. The average Bonchev–Trinajstić information content (AvgIpc) is 2.74. The molecule has 3 aromatic rings. The third kappa shape index (κ3) is 4.37. The molecule has 1 amide bonds. The number of carbonyl (C=O) groups excluding carboxylic acids is 1. The molecule has 27 heavy (non-hydrogen) atoms. The predicted octanol–water partition coefficient (Wildman–Crippen LogP) is 3.74. The first-order chi connectivity index (χ1) is 13.2. The fourth-order valence-electron chi connectivity index (χ4n) is 2.73. The van der Waals surface area contributed by atoms with Crippen molar-refractivity contribution in [2.45, 2.75) is 5.60 Å². The first-order valence-electron chi connectivity index (χ1n) is 8.60. The van der Waals surface area contributed by atoms with Crippen molar-refractivity contribution in [3.63, 3.8) is 0 Å². The van der Waals surface area contributed by atoms with Gasteiger partial charge in [-0.25, -0.2) is 5.43 Å². The second-order valence-corrected chi connectivity index (χ2v) is 5.93. The SMILES string of the molecule is O=C(N/N=C/C=C/c1ccccc1)C(O)(c1ccccc1)c1ccccc1. The molecule has 0 saturated carbocycles. The Hall–Kier alpha value is -3.50. The van der Waals surface area contributed by atoms with Crippen molar-refractivity contribution in [2.75, 3.05) is 0 Å². The quantitative estimate of drug-likeness (QED) is 0.522. The molecule has 3 aromatic carbocycles. The van der Waals surface area contributed by atoms with Crippen molar-refractivity contribution in [3.8, 4) is 0 Å². The molecular weight excluding hydrogens is 336 g/mol. The van der Waals surface area contributed by atoms with E-state index in [0.717, 1.165) is 5.56 Å². The second-order valence-electron chi connectivity index (χ2n) is 5.93. The highest BCUT2D eigenvalue weighted by Gasteiger charge is 2.39. The third-order valence-corrected chi connectivity index (χ3v) is 4.13. The number of allylic oxidation sites excluding steroid dienone is 1. The van der Waals surface area contributed by atoms with Crippen molar-refractivity contribution in [2.24, 2.45) is 5.10 Å². The van der Waals surface area contributed by atoms with Crippen LogP contribution in [0.25, 0.3) is 6.08 Å². The molecule has 0 aliphatic rings. The van der Waals surface area contributed by atoms with E-state index < -0.39 is 11.5 Å². The van der Waals surface area contributed by atoms with Gasteiger partial charge in [-0.1, -0.05) is 97.1 Å². The summed E-state index contributed by atoms with van der Waals surface area (Å²) in [6.07, 6.45) is 5.07. The molecule has 0 spiro atoms. The minimum Gasteiger partial charge on any atom is -0.372 e. The third-order valence-electron chi connectivity index (χ3n) is 4.13. The summed E-state index contributed by atoms with van der Waals surface area (Å²) in [6, 6.07) is 27.4. The summed E-state index contributed by atoms with van der Waals surface area (Å²) >= 11 is 0. The van der Waals surface area contributed by atoms with Gasteiger partial charge in [0, 0.05) is 6.21 Å². The molecule has 0 unspecified atom stereocenters. The number of hydrazone groups is 1. The fraction of sp³-hybridized carbons (Fsp3) is 0.0435. The van der Waals surface area contributed by atoms with Gasteiger partial charge in [-0.3, -0.25) is 4.79 Å². The Morgan fingerprint density at radius 1 is 0.815 bits per heavy atom. The number of nitrogens with one attached hydrogen (secondary N) is 1. The van der Waals surface area contributed by atoms with Crippen LogP contribution in [-0.2, 0) is 10.4 Å². The standard InChI is InChI=1S/C23H20N2O2/c26-22(25-24-18-10-13-19-11-4-1-5-12-19)23(27,20-14-6-2-7-15-20)21-16-8-3-9-17-21/h1-18,27H,(H,25,26)/b13-10+,24-18+. The van der Waals surface area contributed by atoms with Crippen molar-refractivity contribution >= 4 is 18.2 Å². The molecule has 2 N–H and O–H groups in total. The molecule has 0 saturated heterocycles. The van der Waals surface area contributed by atoms with Gasteiger partial charge in [0.15, 0.2) is 5.60 Å². The molecule has 4 heteroatoms. The Morgan fingerprint density at radius 2 is 1.30 bits per heavy atom. The van der Waals surface area contributed by atoms with Crippen LogP contribution in [0, 0.1) is 0 Å². The molecular formula is C23H20N2O2. The fourth-order valence-corrected chi connectivity index (χ4v) is 2.73. The molecule has 0 radical (unpaired) electrons. The van der Waals surface area contributed by atoms with E-state index in [1.54, 1.807) is 54.6 Å². The molecule has 4 nitrogen and oxygen atoms in total. The minimum atomic E-state index is -1.83. The predicted molar refractivity (Wildman–Crippen MR) is 108 cm³/mol. The van der Waals surface area contributed by atoms with Crippen molar-refractivity contribution < 1.29 is 9.90 Å². The topological polar surface area (TPSA) is 61.7 Å². The van der Waals surface area contributed by atoms with Gasteiger partial charge in [0.2, 0.25) is 0 Å². The molecule has 0 heterocycles. The summed E-state index contributed by atoms with van der Waals surface area (Å²) in [7, 11) is 0. The van der Waals surface area contributed by atoms with Gasteiger partial charge in [0.05, 0.1) is 0 Å². The van der Waals surface area contributed by atoms with E-state index in [-0.39, 0.29) is 0 Å². The summed E-state index contributed by atoms with van der Waals surface area (Å²) in [6.45, 7) is 0. The van der Waals surface area contributed by atoms with Gasteiger partial charge >= 0.3 is 0 Å². The van der Waals surface area contributed by atoms with E-state index >= 15 is 0 Å². The highest BCUT2D eigenvalue weighted by Crippen LogP contribution is 2.29. The van der Waals surface area contributed by atoms with E-state index in [0.29, 0.717) is 11.1 Å². The lowest BCUT2D eigenvalue weighted by atomic mass is 9.85. The smallest absolute Gasteiger partial charge is 0.281 e. The normalized spacial score (nSPS) is 11.7. The molecule has 0 aliphatic carbocycles. The lowest BCUT2D eigenvalue weighted by Gasteiger charge is -2.26.